The van der Waals surface area contributed by atoms with Crippen LogP contribution in [0.15, 0.2) is 24.3 Å². The van der Waals surface area contributed by atoms with Crippen molar-refractivity contribution >= 4 is 6.09 Å². The molecule has 5 heteroatoms. The first-order chi connectivity index (χ1) is 8.84. The van der Waals surface area contributed by atoms with Crippen LogP contribution in [0.4, 0.5) is 4.79 Å². The van der Waals surface area contributed by atoms with Crippen LogP contribution in [0.25, 0.3) is 0 Å². The molecular weight excluding hydrogens is 246 g/mol. The minimum Gasteiger partial charge on any atom is -0.508 e. The number of aromatic hydroxyl groups is 1. The molecule has 1 atom stereocenters. The third-order valence-corrected chi connectivity index (χ3v) is 2.92. The fourth-order valence-electron chi connectivity index (χ4n) is 1.39. The molecule has 19 heavy (non-hydrogen) atoms. The molecule has 1 aromatic rings. The number of carbonyl (C=O) groups is 1. The second kappa shape index (κ2) is 6.43. The number of benzene rings is 1. The van der Waals surface area contributed by atoms with Gasteiger partial charge in [-0.1, -0.05) is 19.1 Å². The zero-order valence-electron chi connectivity index (χ0n) is 11.5. The van der Waals surface area contributed by atoms with Crippen molar-refractivity contribution in [2.75, 3.05) is 6.54 Å². The van der Waals surface area contributed by atoms with Gasteiger partial charge in [0.05, 0.1) is 12.6 Å². The average molecular weight is 267 g/mol. The molecule has 0 spiro atoms. The van der Waals surface area contributed by atoms with E-state index in [4.69, 9.17) is 4.74 Å². The van der Waals surface area contributed by atoms with Gasteiger partial charge in [0.25, 0.3) is 0 Å². The number of alkyl carbamates (subject to hydrolysis) is 1. The van der Waals surface area contributed by atoms with Gasteiger partial charge in [-0.3, -0.25) is 0 Å². The Morgan fingerprint density at radius 1 is 1.47 bits per heavy atom. The lowest BCUT2D eigenvalue weighted by Crippen LogP contribution is -2.36. The molecule has 0 aliphatic rings. The summed E-state index contributed by atoms with van der Waals surface area (Å²) in [7, 11) is 0. The number of aliphatic hydroxyl groups is 1. The van der Waals surface area contributed by atoms with Crippen LogP contribution < -0.4 is 5.32 Å². The molecule has 0 aliphatic carbocycles. The largest absolute Gasteiger partial charge is 0.508 e. The van der Waals surface area contributed by atoms with Gasteiger partial charge in [-0.15, -0.1) is 0 Å². The summed E-state index contributed by atoms with van der Waals surface area (Å²) < 4.78 is 5.19. The maximum Gasteiger partial charge on any atom is 0.407 e. The Balaban J connectivity index is 2.46. The lowest BCUT2D eigenvalue weighted by atomic mass is 10.1. The molecule has 0 saturated heterocycles. The second-order valence-corrected chi connectivity index (χ2v) is 4.99. The molecule has 1 amide bonds. The summed E-state index contributed by atoms with van der Waals surface area (Å²) in [6.45, 7) is 5.59. The topological polar surface area (TPSA) is 78.8 Å². The molecule has 0 fully saturated rings. The molecule has 1 aromatic carbocycles. The van der Waals surface area contributed by atoms with E-state index in [1.807, 2.05) is 20.8 Å². The van der Waals surface area contributed by atoms with Gasteiger partial charge < -0.3 is 20.3 Å². The van der Waals surface area contributed by atoms with Crippen LogP contribution >= 0.6 is 0 Å². The van der Waals surface area contributed by atoms with Crippen molar-refractivity contribution in [1.29, 1.82) is 0 Å². The van der Waals surface area contributed by atoms with Gasteiger partial charge in [0.2, 0.25) is 0 Å². The molecule has 0 heterocycles. The minimum atomic E-state index is -0.885. The number of hydrogen-bond acceptors (Lipinski definition) is 4. The first kappa shape index (κ1) is 15.3. The summed E-state index contributed by atoms with van der Waals surface area (Å²) >= 11 is 0. The normalized spacial score (nSPS) is 12.8. The van der Waals surface area contributed by atoms with Crippen molar-refractivity contribution in [3.05, 3.63) is 29.8 Å². The Labute approximate surface area is 113 Å². The van der Waals surface area contributed by atoms with Crippen molar-refractivity contribution in [3.63, 3.8) is 0 Å². The second-order valence-electron chi connectivity index (χ2n) is 4.99. The van der Waals surface area contributed by atoms with Crippen LogP contribution in [-0.2, 0) is 4.74 Å². The maximum atomic E-state index is 11.5. The van der Waals surface area contributed by atoms with Crippen LogP contribution in [0.1, 0.15) is 38.9 Å². The number of rotatable bonds is 5. The number of aliphatic hydroxyl groups excluding tert-OH is 1. The van der Waals surface area contributed by atoms with Gasteiger partial charge in [0.15, 0.2) is 0 Å². The van der Waals surface area contributed by atoms with Crippen molar-refractivity contribution in [2.45, 2.75) is 38.9 Å². The summed E-state index contributed by atoms with van der Waals surface area (Å²) in [6.07, 6.45) is -0.745. The SMILES string of the molecule is CCC(C)(C)OC(=O)NCC(O)c1cccc(O)c1. The summed E-state index contributed by atoms with van der Waals surface area (Å²) in [6, 6.07) is 6.27. The van der Waals surface area contributed by atoms with E-state index in [2.05, 4.69) is 5.32 Å². The quantitative estimate of drug-likeness (QED) is 0.765. The van der Waals surface area contributed by atoms with Gasteiger partial charge >= 0.3 is 6.09 Å². The van der Waals surface area contributed by atoms with Gasteiger partial charge in [0, 0.05) is 0 Å². The fourth-order valence-corrected chi connectivity index (χ4v) is 1.39. The van der Waals surface area contributed by atoms with Crippen LogP contribution in [0.5, 0.6) is 5.75 Å². The summed E-state index contributed by atoms with van der Waals surface area (Å²) in [5.74, 6) is 0.0752. The first-order valence-electron chi connectivity index (χ1n) is 6.28. The first-order valence-corrected chi connectivity index (χ1v) is 6.28. The van der Waals surface area contributed by atoms with E-state index in [1.165, 1.54) is 12.1 Å². The van der Waals surface area contributed by atoms with E-state index in [9.17, 15) is 15.0 Å². The number of carbonyl (C=O) groups excluding carboxylic acids is 1. The van der Waals surface area contributed by atoms with E-state index in [1.54, 1.807) is 12.1 Å². The third kappa shape index (κ3) is 5.18. The molecule has 106 valence electrons. The highest BCUT2D eigenvalue weighted by Crippen LogP contribution is 2.18. The van der Waals surface area contributed by atoms with Crippen LogP contribution in [0.2, 0.25) is 0 Å². The molecule has 1 rings (SSSR count). The van der Waals surface area contributed by atoms with Gasteiger partial charge in [-0.2, -0.15) is 0 Å². The fraction of sp³-hybridized carbons (Fsp3) is 0.500. The molecule has 3 N–H and O–H groups in total. The third-order valence-electron chi connectivity index (χ3n) is 2.92. The average Bonchev–Trinajstić information content (AvgIpc) is 2.35. The Kier molecular flexibility index (Phi) is 5.18. The summed E-state index contributed by atoms with van der Waals surface area (Å²) in [4.78, 5) is 11.5. The van der Waals surface area contributed by atoms with Crippen LogP contribution in [-0.4, -0.2) is 28.5 Å². The highest BCUT2D eigenvalue weighted by atomic mass is 16.6. The number of ether oxygens (including phenoxy) is 1. The standard InChI is InChI=1S/C14H21NO4/c1-4-14(2,3)19-13(18)15-9-12(17)10-6-5-7-11(16)8-10/h5-8,12,16-17H,4,9H2,1-3H3,(H,15,18). The van der Waals surface area contributed by atoms with E-state index >= 15 is 0 Å². The van der Waals surface area contributed by atoms with Crippen molar-refractivity contribution in [2.24, 2.45) is 0 Å². The number of phenols is 1. The van der Waals surface area contributed by atoms with Crippen LogP contribution in [0, 0.1) is 0 Å². The number of phenolic OH excluding ortho intramolecular Hbond substituents is 1. The molecule has 0 bridgehead atoms. The van der Waals surface area contributed by atoms with E-state index < -0.39 is 17.8 Å². The smallest absolute Gasteiger partial charge is 0.407 e. The Morgan fingerprint density at radius 2 is 2.16 bits per heavy atom. The number of nitrogens with one attached hydrogen (secondary N) is 1. The van der Waals surface area contributed by atoms with Gasteiger partial charge in [-0.05, 0) is 38.0 Å². The molecule has 5 nitrogen and oxygen atoms in total. The molecular formula is C14H21NO4. The van der Waals surface area contributed by atoms with E-state index in [-0.39, 0.29) is 12.3 Å². The van der Waals surface area contributed by atoms with E-state index in [0.29, 0.717) is 12.0 Å². The molecule has 1 unspecified atom stereocenters. The molecule has 0 saturated carbocycles. The maximum absolute atomic E-state index is 11.5. The van der Waals surface area contributed by atoms with E-state index in [0.717, 1.165) is 0 Å². The predicted octanol–water partition coefficient (Wildman–Crippen LogP) is 2.34. The number of amides is 1. The summed E-state index contributed by atoms with van der Waals surface area (Å²) in [5, 5.41) is 21.7. The zero-order chi connectivity index (χ0) is 14.5. The predicted molar refractivity (Wildman–Crippen MR) is 71.9 cm³/mol. The zero-order valence-corrected chi connectivity index (χ0v) is 11.5. The van der Waals surface area contributed by atoms with Gasteiger partial charge in [0.1, 0.15) is 11.4 Å². The Bertz CT molecular complexity index is 431. The van der Waals surface area contributed by atoms with Gasteiger partial charge in [-0.25, -0.2) is 4.79 Å². The molecule has 0 radical (unpaired) electrons. The Hall–Kier alpha value is -1.75. The monoisotopic (exact) mass is 267 g/mol. The van der Waals surface area contributed by atoms with Crippen LogP contribution in [0.3, 0.4) is 0 Å². The highest BCUT2D eigenvalue weighted by Gasteiger charge is 2.20. The molecule has 0 aliphatic heterocycles. The van der Waals surface area contributed by atoms with Crippen molar-refractivity contribution in [3.8, 4) is 5.75 Å². The summed E-state index contributed by atoms with van der Waals surface area (Å²) in [5.41, 5.74) is 0.00936. The minimum absolute atomic E-state index is 0.0298. The lowest BCUT2D eigenvalue weighted by molar-refractivity contribution is 0.0335. The molecule has 0 aromatic heterocycles. The van der Waals surface area contributed by atoms with Crippen molar-refractivity contribution in [1.82, 2.24) is 5.32 Å². The Morgan fingerprint density at radius 3 is 2.74 bits per heavy atom. The lowest BCUT2D eigenvalue weighted by Gasteiger charge is -2.23. The number of hydrogen-bond donors (Lipinski definition) is 3. The van der Waals surface area contributed by atoms with Crippen molar-refractivity contribution < 1.29 is 19.7 Å². The highest BCUT2D eigenvalue weighted by molar-refractivity contribution is 5.67.